The lowest BCUT2D eigenvalue weighted by molar-refractivity contribution is -0.127. The second kappa shape index (κ2) is 8.36. The van der Waals surface area contributed by atoms with Gasteiger partial charge in [0.15, 0.2) is 6.10 Å². The number of hydrogen-bond acceptors (Lipinski definition) is 4. The molecular weight excluding hydrogens is 296 g/mol. The highest BCUT2D eigenvalue weighted by Crippen LogP contribution is 2.17. The summed E-state index contributed by atoms with van der Waals surface area (Å²) >= 11 is 5.58. The number of aromatic hydroxyl groups is 1. The lowest BCUT2D eigenvalue weighted by Crippen LogP contribution is -2.41. The number of carbonyl (C=O) groups excluding carboxylic acids is 2. The van der Waals surface area contributed by atoms with Crippen LogP contribution in [0.1, 0.15) is 13.8 Å². The number of carbonyl (C=O) groups is 2. The Morgan fingerprint density at radius 2 is 1.67 bits per heavy atom. The van der Waals surface area contributed by atoms with Crippen molar-refractivity contribution < 1.29 is 19.4 Å². The summed E-state index contributed by atoms with van der Waals surface area (Å²) in [4.78, 5) is 23.0. The number of nitrogens with one attached hydrogen (secondary N) is 2. The van der Waals surface area contributed by atoms with Crippen molar-refractivity contribution in [3.05, 3.63) is 24.3 Å². The van der Waals surface area contributed by atoms with Gasteiger partial charge in [0.25, 0.3) is 5.91 Å². The molecule has 1 aromatic carbocycles. The highest BCUT2D eigenvalue weighted by atomic mass is 35.5. The third kappa shape index (κ3) is 6.35. The van der Waals surface area contributed by atoms with E-state index in [0.29, 0.717) is 12.3 Å². The van der Waals surface area contributed by atoms with Gasteiger partial charge in [-0.3, -0.25) is 9.59 Å². The maximum absolute atomic E-state index is 11.8. The summed E-state index contributed by atoms with van der Waals surface area (Å²) in [7, 11) is 0. The number of halogens is 1. The molecule has 0 saturated carbocycles. The topological polar surface area (TPSA) is 87.7 Å². The molecule has 0 aromatic heterocycles. The maximum Gasteiger partial charge on any atom is 0.260 e. The molecule has 0 radical (unpaired) electrons. The molecule has 3 N–H and O–H groups in total. The molecule has 0 aliphatic heterocycles. The summed E-state index contributed by atoms with van der Waals surface area (Å²) < 4.78 is 5.42. The molecule has 2 amide bonds. The van der Waals surface area contributed by atoms with Crippen LogP contribution < -0.4 is 15.4 Å². The van der Waals surface area contributed by atoms with Crippen LogP contribution in [0.5, 0.6) is 11.5 Å². The van der Waals surface area contributed by atoms with E-state index in [1.54, 1.807) is 26.0 Å². The smallest absolute Gasteiger partial charge is 0.260 e. The van der Waals surface area contributed by atoms with Gasteiger partial charge in [0.05, 0.1) is 0 Å². The van der Waals surface area contributed by atoms with E-state index in [1.165, 1.54) is 12.1 Å². The molecule has 7 heteroatoms. The van der Waals surface area contributed by atoms with E-state index in [0.717, 1.165) is 0 Å². The molecule has 0 aliphatic carbocycles. The van der Waals surface area contributed by atoms with Crippen molar-refractivity contribution in [1.29, 1.82) is 0 Å². The average molecular weight is 315 g/mol. The van der Waals surface area contributed by atoms with Crippen molar-refractivity contribution >= 4 is 23.4 Å². The van der Waals surface area contributed by atoms with Gasteiger partial charge < -0.3 is 20.5 Å². The van der Waals surface area contributed by atoms with Crippen LogP contribution in [0.4, 0.5) is 0 Å². The molecular formula is C14H19ClN2O4. The van der Waals surface area contributed by atoms with E-state index < -0.39 is 11.5 Å². The monoisotopic (exact) mass is 314 g/mol. The van der Waals surface area contributed by atoms with Crippen molar-refractivity contribution in [2.24, 2.45) is 0 Å². The van der Waals surface area contributed by atoms with E-state index in [1.807, 2.05) is 0 Å². The number of alkyl halides is 1. The summed E-state index contributed by atoms with van der Waals surface area (Å²) in [6.45, 7) is 3.77. The lowest BCUT2D eigenvalue weighted by Gasteiger charge is -2.15. The standard InChI is InChI=1S/C14H19ClN2O4/c1-9(15)13(19)16-7-8-17-14(20)10(2)21-12-5-3-11(18)4-6-12/h3-6,9-10,18H,7-8H2,1-2H3,(H,16,19)(H,17,20). The summed E-state index contributed by atoms with van der Waals surface area (Å²) in [6.07, 6.45) is -0.683. The van der Waals surface area contributed by atoms with Crippen molar-refractivity contribution in [1.82, 2.24) is 10.6 Å². The van der Waals surface area contributed by atoms with Gasteiger partial charge in [-0.2, -0.15) is 0 Å². The van der Waals surface area contributed by atoms with Gasteiger partial charge in [-0.25, -0.2) is 0 Å². The zero-order chi connectivity index (χ0) is 15.8. The summed E-state index contributed by atoms with van der Waals surface area (Å²) in [6, 6.07) is 6.09. The molecule has 2 atom stereocenters. The Morgan fingerprint density at radius 3 is 2.19 bits per heavy atom. The second-order valence-corrected chi connectivity index (χ2v) is 5.11. The molecule has 0 saturated heterocycles. The van der Waals surface area contributed by atoms with E-state index >= 15 is 0 Å². The summed E-state index contributed by atoms with van der Waals surface area (Å²) in [5.41, 5.74) is 0. The van der Waals surface area contributed by atoms with Crippen LogP contribution in [0.2, 0.25) is 0 Å². The molecule has 2 unspecified atom stereocenters. The van der Waals surface area contributed by atoms with Crippen LogP contribution in [0.3, 0.4) is 0 Å². The molecule has 0 heterocycles. The zero-order valence-corrected chi connectivity index (χ0v) is 12.7. The quantitative estimate of drug-likeness (QED) is 0.518. The van der Waals surface area contributed by atoms with Gasteiger partial charge in [0.2, 0.25) is 5.91 Å². The Bertz CT molecular complexity index is 476. The molecule has 1 aromatic rings. The molecule has 0 spiro atoms. The largest absolute Gasteiger partial charge is 0.508 e. The van der Waals surface area contributed by atoms with Crippen LogP contribution in [-0.2, 0) is 9.59 Å². The molecule has 0 aliphatic rings. The predicted octanol–water partition coefficient (Wildman–Crippen LogP) is 1.02. The third-order valence-electron chi connectivity index (χ3n) is 2.60. The maximum atomic E-state index is 11.8. The minimum absolute atomic E-state index is 0.128. The molecule has 1 rings (SSSR count). The average Bonchev–Trinajstić information content (AvgIpc) is 2.45. The van der Waals surface area contributed by atoms with Crippen LogP contribution in [-0.4, -0.2) is 41.5 Å². The minimum atomic E-state index is -0.683. The van der Waals surface area contributed by atoms with E-state index in [9.17, 15) is 9.59 Å². The van der Waals surface area contributed by atoms with Gasteiger partial charge in [-0.1, -0.05) is 0 Å². The first-order chi connectivity index (χ1) is 9.90. The second-order valence-electron chi connectivity index (χ2n) is 4.45. The Hall–Kier alpha value is -1.95. The number of phenols is 1. The summed E-state index contributed by atoms with van der Waals surface area (Å²) in [5.74, 6) is 0.0407. The van der Waals surface area contributed by atoms with Gasteiger partial charge in [-0.15, -0.1) is 11.6 Å². The first-order valence-corrected chi connectivity index (χ1v) is 6.99. The Balaban J connectivity index is 2.28. The van der Waals surface area contributed by atoms with Crippen molar-refractivity contribution in [3.63, 3.8) is 0 Å². The SMILES string of the molecule is CC(Cl)C(=O)NCCNC(=O)C(C)Oc1ccc(O)cc1. The van der Waals surface area contributed by atoms with E-state index in [-0.39, 0.29) is 24.1 Å². The highest BCUT2D eigenvalue weighted by Gasteiger charge is 2.14. The molecule has 0 fully saturated rings. The van der Waals surface area contributed by atoms with Crippen LogP contribution in [0, 0.1) is 0 Å². The van der Waals surface area contributed by atoms with Gasteiger partial charge in [0.1, 0.15) is 16.9 Å². The highest BCUT2D eigenvalue weighted by molar-refractivity contribution is 6.30. The van der Waals surface area contributed by atoms with Crippen molar-refractivity contribution in [2.75, 3.05) is 13.1 Å². The number of hydrogen-bond donors (Lipinski definition) is 3. The van der Waals surface area contributed by atoms with E-state index in [4.69, 9.17) is 21.4 Å². The Morgan fingerprint density at radius 1 is 1.14 bits per heavy atom. The normalized spacial score (nSPS) is 13.1. The fraction of sp³-hybridized carbons (Fsp3) is 0.429. The van der Waals surface area contributed by atoms with Crippen molar-refractivity contribution in [3.8, 4) is 11.5 Å². The Kier molecular flexibility index (Phi) is 6.81. The fourth-order valence-electron chi connectivity index (χ4n) is 1.44. The summed E-state index contributed by atoms with van der Waals surface area (Å²) in [5, 5.41) is 13.8. The lowest BCUT2D eigenvalue weighted by atomic mass is 10.3. The fourth-order valence-corrected chi connectivity index (χ4v) is 1.52. The first kappa shape index (κ1) is 17.1. The molecule has 6 nitrogen and oxygen atoms in total. The predicted molar refractivity (Wildman–Crippen MR) is 79.5 cm³/mol. The van der Waals surface area contributed by atoms with Crippen LogP contribution >= 0.6 is 11.6 Å². The first-order valence-electron chi connectivity index (χ1n) is 6.55. The number of ether oxygens (including phenoxy) is 1. The van der Waals surface area contributed by atoms with Crippen LogP contribution in [0.25, 0.3) is 0 Å². The molecule has 116 valence electrons. The minimum Gasteiger partial charge on any atom is -0.508 e. The molecule has 0 bridgehead atoms. The third-order valence-corrected chi connectivity index (χ3v) is 2.80. The zero-order valence-electron chi connectivity index (χ0n) is 11.9. The number of phenolic OH excluding ortho intramolecular Hbond substituents is 1. The Labute approximate surface area is 128 Å². The number of amides is 2. The van der Waals surface area contributed by atoms with Crippen molar-refractivity contribution in [2.45, 2.75) is 25.3 Å². The van der Waals surface area contributed by atoms with Crippen LogP contribution in [0.15, 0.2) is 24.3 Å². The van der Waals surface area contributed by atoms with Gasteiger partial charge in [-0.05, 0) is 38.1 Å². The van der Waals surface area contributed by atoms with E-state index in [2.05, 4.69) is 10.6 Å². The molecule has 21 heavy (non-hydrogen) atoms. The number of rotatable bonds is 7. The van der Waals surface area contributed by atoms with Gasteiger partial charge >= 0.3 is 0 Å². The number of benzene rings is 1. The van der Waals surface area contributed by atoms with Gasteiger partial charge in [0, 0.05) is 13.1 Å².